The van der Waals surface area contributed by atoms with E-state index in [0.29, 0.717) is 17.0 Å². The maximum Gasteiger partial charge on any atom is 0.337 e. The van der Waals surface area contributed by atoms with E-state index in [1.807, 2.05) is 13.8 Å². The van der Waals surface area contributed by atoms with Crippen molar-refractivity contribution in [1.29, 1.82) is 0 Å². The van der Waals surface area contributed by atoms with Crippen molar-refractivity contribution in [3.05, 3.63) is 40.6 Å². The normalized spacial score (nSPS) is 11.0. The lowest BCUT2D eigenvalue weighted by Crippen LogP contribution is -2.00. The minimum absolute atomic E-state index is 0.0200. The molecule has 1 aromatic carbocycles. The first-order valence-electron chi connectivity index (χ1n) is 7.21. The Kier molecular flexibility index (Phi) is 3.52. The number of hydrogen-bond acceptors (Lipinski definition) is 4. The van der Waals surface area contributed by atoms with Crippen LogP contribution in [0.5, 0.6) is 0 Å². The van der Waals surface area contributed by atoms with Gasteiger partial charge in [0.25, 0.3) is 0 Å². The molecule has 0 spiro atoms. The average Bonchev–Trinajstić information content (AvgIpc) is 3.05. The zero-order valence-corrected chi connectivity index (χ0v) is 13.4. The fraction of sp³-hybridized carbons (Fsp3) is 0.235. The number of esters is 1. The second kappa shape index (κ2) is 5.39. The molecule has 0 radical (unpaired) electrons. The van der Waals surface area contributed by atoms with E-state index in [0.717, 1.165) is 28.0 Å². The molecule has 0 saturated heterocycles. The first kappa shape index (κ1) is 15.0. The number of benzene rings is 1. The lowest BCUT2D eigenvalue weighted by Gasteiger charge is -1.97. The predicted molar refractivity (Wildman–Crippen MR) is 86.7 cm³/mol. The highest BCUT2D eigenvalue weighted by Crippen LogP contribution is 2.27. The number of carbonyl (C=O) groups excluding carboxylic acids is 2. The molecule has 0 aliphatic rings. The van der Waals surface area contributed by atoms with Crippen LogP contribution in [0.2, 0.25) is 0 Å². The smallest absolute Gasteiger partial charge is 0.337 e. The third kappa shape index (κ3) is 2.42. The van der Waals surface area contributed by atoms with Crippen LogP contribution in [0.4, 0.5) is 0 Å². The fourth-order valence-corrected chi connectivity index (χ4v) is 2.89. The van der Waals surface area contributed by atoms with E-state index in [2.05, 4.69) is 15.0 Å². The van der Waals surface area contributed by atoms with Crippen LogP contribution in [-0.4, -0.2) is 33.8 Å². The lowest BCUT2D eigenvalue weighted by atomic mass is 10.1. The van der Waals surface area contributed by atoms with Gasteiger partial charge in [0.15, 0.2) is 11.6 Å². The molecule has 6 heteroatoms. The van der Waals surface area contributed by atoms with Crippen LogP contribution in [0.1, 0.15) is 38.9 Å². The molecule has 0 fully saturated rings. The highest BCUT2D eigenvalue weighted by Gasteiger charge is 2.18. The van der Waals surface area contributed by atoms with Crippen molar-refractivity contribution in [3.8, 4) is 11.5 Å². The van der Waals surface area contributed by atoms with Gasteiger partial charge in [-0.05, 0) is 44.5 Å². The molecule has 0 aliphatic carbocycles. The van der Waals surface area contributed by atoms with Crippen LogP contribution in [0.25, 0.3) is 22.6 Å². The van der Waals surface area contributed by atoms with Crippen molar-refractivity contribution in [2.45, 2.75) is 20.8 Å². The van der Waals surface area contributed by atoms with E-state index in [9.17, 15) is 9.59 Å². The van der Waals surface area contributed by atoms with Gasteiger partial charge in [0.2, 0.25) is 0 Å². The number of Topliss-reactive ketones (excluding diaryl/α,β-unsaturated/α-hetero) is 1. The number of nitrogens with one attached hydrogen (secondary N) is 2. The third-order valence-electron chi connectivity index (χ3n) is 3.93. The maximum absolute atomic E-state index is 11.8. The van der Waals surface area contributed by atoms with Crippen LogP contribution in [0, 0.1) is 13.8 Å². The number of carbonyl (C=O) groups is 2. The van der Waals surface area contributed by atoms with E-state index >= 15 is 0 Å². The highest BCUT2D eigenvalue weighted by molar-refractivity contribution is 5.99. The van der Waals surface area contributed by atoms with E-state index < -0.39 is 5.97 Å². The number of ketones is 1. The predicted octanol–water partition coefficient (Wildman–Crippen LogP) is 3.16. The molecule has 2 aromatic heterocycles. The standard InChI is InChI=1S/C17H17N3O3/c1-8-14(10(3)21)9(2)18-15(8)16-19-12-6-5-11(17(22)23-4)7-13(12)20-16/h5-7,18H,1-4H3,(H,19,20). The van der Waals surface area contributed by atoms with Crippen molar-refractivity contribution in [3.63, 3.8) is 0 Å². The van der Waals surface area contributed by atoms with Crippen molar-refractivity contribution in [1.82, 2.24) is 15.0 Å². The number of rotatable bonds is 3. The van der Waals surface area contributed by atoms with Crippen LogP contribution >= 0.6 is 0 Å². The van der Waals surface area contributed by atoms with Crippen molar-refractivity contribution >= 4 is 22.8 Å². The topological polar surface area (TPSA) is 87.8 Å². The SMILES string of the molecule is COC(=O)c1ccc2nc(-c3[nH]c(C)c(C(C)=O)c3C)[nH]c2c1. The van der Waals surface area contributed by atoms with Gasteiger partial charge in [0.05, 0.1) is 29.4 Å². The van der Waals surface area contributed by atoms with Crippen LogP contribution in [-0.2, 0) is 4.74 Å². The summed E-state index contributed by atoms with van der Waals surface area (Å²) in [6.45, 7) is 5.31. The van der Waals surface area contributed by atoms with Crippen LogP contribution < -0.4 is 0 Å². The zero-order valence-electron chi connectivity index (χ0n) is 13.4. The van der Waals surface area contributed by atoms with Crippen molar-refractivity contribution in [2.24, 2.45) is 0 Å². The molecule has 0 unspecified atom stereocenters. The molecule has 3 aromatic rings. The summed E-state index contributed by atoms with van der Waals surface area (Å²) in [5, 5.41) is 0. The second-order valence-electron chi connectivity index (χ2n) is 5.49. The highest BCUT2D eigenvalue weighted by atomic mass is 16.5. The minimum Gasteiger partial charge on any atom is -0.465 e. The largest absolute Gasteiger partial charge is 0.465 e. The van der Waals surface area contributed by atoms with Crippen molar-refractivity contribution in [2.75, 3.05) is 7.11 Å². The molecule has 2 N–H and O–H groups in total. The summed E-state index contributed by atoms with van der Waals surface area (Å²) < 4.78 is 4.72. The molecule has 6 nitrogen and oxygen atoms in total. The van der Waals surface area contributed by atoms with Gasteiger partial charge in [-0.1, -0.05) is 0 Å². The Balaban J connectivity index is 2.13. The Labute approximate surface area is 132 Å². The zero-order chi connectivity index (χ0) is 16.7. The maximum atomic E-state index is 11.8. The number of nitrogens with zero attached hydrogens (tertiary/aromatic N) is 1. The summed E-state index contributed by atoms with van der Waals surface area (Å²) in [4.78, 5) is 34.3. The molecule has 118 valence electrons. The quantitative estimate of drug-likeness (QED) is 0.574. The number of H-pyrrole nitrogens is 2. The molecule has 0 aliphatic heterocycles. The van der Waals surface area contributed by atoms with Gasteiger partial charge in [-0.15, -0.1) is 0 Å². The average molecular weight is 311 g/mol. The number of fused-ring (bicyclic) bond motifs is 1. The molecule has 2 heterocycles. The van der Waals surface area contributed by atoms with E-state index in [-0.39, 0.29) is 5.78 Å². The molecule has 3 rings (SSSR count). The Morgan fingerprint density at radius 1 is 1.17 bits per heavy atom. The second-order valence-corrected chi connectivity index (χ2v) is 5.49. The summed E-state index contributed by atoms with van der Waals surface area (Å²) in [7, 11) is 1.35. The van der Waals surface area contributed by atoms with Crippen molar-refractivity contribution < 1.29 is 14.3 Å². The molecular formula is C17H17N3O3. The molecule has 0 bridgehead atoms. The van der Waals surface area contributed by atoms with E-state index in [4.69, 9.17) is 4.74 Å². The monoisotopic (exact) mass is 311 g/mol. The Morgan fingerprint density at radius 3 is 2.52 bits per heavy atom. The molecule has 0 amide bonds. The summed E-state index contributed by atoms with van der Waals surface area (Å²) in [5.74, 6) is 0.260. The van der Waals surface area contributed by atoms with Gasteiger partial charge in [0.1, 0.15) is 0 Å². The van der Waals surface area contributed by atoms with Gasteiger partial charge in [-0.2, -0.15) is 0 Å². The fourth-order valence-electron chi connectivity index (χ4n) is 2.89. The molecule has 0 atom stereocenters. The van der Waals surface area contributed by atoms with Gasteiger partial charge < -0.3 is 14.7 Å². The number of aromatic amines is 2. The first-order chi connectivity index (χ1) is 10.9. The minimum atomic E-state index is -0.395. The summed E-state index contributed by atoms with van der Waals surface area (Å²) >= 11 is 0. The number of imidazole rings is 1. The lowest BCUT2D eigenvalue weighted by molar-refractivity contribution is 0.0600. The Morgan fingerprint density at radius 2 is 1.91 bits per heavy atom. The molecule has 23 heavy (non-hydrogen) atoms. The number of aromatic nitrogens is 3. The molecule has 0 saturated carbocycles. The Bertz CT molecular complexity index is 934. The molecular weight excluding hydrogens is 294 g/mol. The van der Waals surface area contributed by atoms with Crippen LogP contribution in [0.15, 0.2) is 18.2 Å². The van der Waals surface area contributed by atoms with Gasteiger partial charge in [-0.3, -0.25) is 4.79 Å². The number of hydrogen-bond donors (Lipinski definition) is 2. The first-order valence-corrected chi connectivity index (χ1v) is 7.21. The summed E-state index contributed by atoms with van der Waals surface area (Å²) in [6, 6.07) is 5.14. The number of aryl methyl sites for hydroxylation is 1. The number of ether oxygens (including phenoxy) is 1. The summed E-state index contributed by atoms with van der Waals surface area (Å²) in [5.41, 5.74) is 5.09. The Hall–Kier alpha value is -2.89. The van der Waals surface area contributed by atoms with Gasteiger partial charge in [-0.25, -0.2) is 9.78 Å². The summed E-state index contributed by atoms with van der Waals surface area (Å²) in [6.07, 6.45) is 0. The number of methoxy groups -OCH3 is 1. The van der Waals surface area contributed by atoms with Gasteiger partial charge in [0, 0.05) is 11.3 Å². The van der Waals surface area contributed by atoms with Gasteiger partial charge >= 0.3 is 5.97 Å². The van der Waals surface area contributed by atoms with E-state index in [1.54, 1.807) is 25.1 Å². The van der Waals surface area contributed by atoms with Crippen LogP contribution in [0.3, 0.4) is 0 Å². The van der Waals surface area contributed by atoms with E-state index in [1.165, 1.54) is 7.11 Å². The third-order valence-corrected chi connectivity index (χ3v) is 3.93.